The Balaban J connectivity index is 1.54. The molecule has 1 unspecified atom stereocenters. The minimum absolute atomic E-state index is 0.0431. The molecule has 9 nitrogen and oxygen atoms in total. The normalized spacial score (nSPS) is 17.3. The monoisotopic (exact) mass is 477 g/mol. The lowest BCUT2D eigenvalue weighted by atomic mass is 9.93. The number of nitrogens with zero attached hydrogens (tertiary/aromatic N) is 3. The van der Waals surface area contributed by atoms with Crippen molar-refractivity contribution >= 4 is 17.7 Å². The first-order chi connectivity index (χ1) is 16.7. The van der Waals surface area contributed by atoms with Gasteiger partial charge in [0.25, 0.3) is 11.8 Å². The summed E-state index contributed by atoms with van der Waals surface area (Å²) in [5.41, 5.74) is 1.23. The second-order valence-corrected chi connectivity index (χ2v) is 9.16. The van der Waals surface area contributed by atoms with E-state index in [4.69, 9.17) is 4.42 Å². The molecule has 0 aliphatic carbocycles. The highest BCUT2D eigenvalue weighted by atomic mass is 16.3. The van der Waals surface area contributed by atoms with Crippen molar-refractivity contribution in [1.82, 2.24) is 25.1 Å². The van der Waals surface area contributed by atoms with Crippen LogP contribution in [-0.4, -0.2) is 44.3 Å². The van der Waals surface area contributed by atoms with Gasteiger partial charge in [0.1, 0.15) is 22.8 Å². The summed E-state index contributed by atoms with van der Waals surface area (Å²) in [4.78, 5) is 45.6. The van der Waals surface area contributed by atoms with Gasteiger partial charge in [0.05, 0.1) is 19.4 Å². The smallest absolute Gasteiger partial charge is 0.273 e. The molecule has 1 aliphatic rings. The van der Waals surface area contributed by atoms with E-state index in [1.165, 1.54) is 6.33 Å². The molecule has 0 radical (unpaired) electrons. The summed E-state index contributed by atoms with van der Waals surface area (Å²) in [5.74, 6) is 0.255. The van der Waals surface area contributed by atoms with Crippen molar-refractivity contribution in [3.8, 4) is 0 Å². The maximum Gasteiger partial charge on any atom is 0.273 e. The van der Waals surface area contributed by atoms with E-state index >= 15 is 0 Å². The Morgan fingerprint density at radius 1 is 1.09 bits per heavy atom. The lowest BCUT2D eigenvalue weighted by Crippen LogP contribution is -2.64. The molecule has 1 aromatic carbocycles. The van der Waals surface area contributed by atoms with Gasteiger partial charge in [-0.3, -0.25) is 14.4 Å². The molecule has 35 heavy (non-hydrogen) atoms. The highest BCUT2D eigenvalue weighted by Crippen LogP contribution is 2.29. The summed E-state index contributed by atoms with van der Waals surface area (Å²) >= 11 is 0. The van der Waals surface area contributed by atoms with Gasteiger partial charge in [-0.25, -0.2) is 4.98 Å². The van der Waals surface area contributed by atoms with Gasteiger partial charge in [-0.2, -0.15) is 0 Å². The Morgan fingerprint density at radius 3 is 2.49 bits per heavy atom. The molecule has 4 rings (SSSR count). The van der Waals surface area contributed by atoms with Gasteiger partial charge in [0.15, 0.2) is 5.69 Å². The van der Waals surface area contributed by atoms with Crippen LogP contribution >= 0.6 is 0 Å². The fourth-order valence-corrected chi connectivity index (χ4v) is 4.34. The third-order valence-corrected chi connectivity index (χ3v) is 6.30. The first-order valence-corrected chi connectivity index (χ1v) is 11.8. The molecule has 3 aromatic rings. The number of hydrogen-bond acceptors (Lipinski definition) is 5. The second kappa shape index (κ2) is 9.77. The number of aryl methyl sites for hydroxylation is 2. The van der Waals surface area contributed by atoms with Crippen LogP contribution in [0.15, 0.2) is 47.1 Å². The van der Waals surface area contributed by atoms with Gasteiger partial charge in [0.2, 0.25) is 5.91 Å². The third kappa shape index (κ3) is 4.84. The van der Waals surface area contributed by atoms with E-state index in [1.807, 2.05) is 51.1 Å². The van der Waals surface area contributed by atoms with Gasteiger partial charge in [0, 0.05) is 13.1 Å². The lowest BCUT2D eigenvalue weighted by Gasteiger charge is -2.43. The number of fused-ring (bicyclic) bond motifs is 1. The maximum absolute atomic E-state index is 13.6. The Labute approximate surface area is 204 Å². The van der Waals surface area contributed by atoms with Crippen LogP contribution in [0, 0.1) is 13.8 Å². The second-order valence-electron chi connectivity index (χ2n) is 9.16. The van der Waals surface area contributed by atoms with Gasteiger partial charge >= 0.3 is 0 Å². The van der Waals surface area contributed by atoms with Crippen molar-refractivity contribution in [2.45, 2.75) is 59.3 Å². The zero-order valence-corrected chi connectivity index (χ0v) is 20.6. The van der Waals surface area contributed by atoms with Crippen molar-refractivity contribution < 1.29 is 18.8 Å². The number of carbonyl (C=O) groups excluding carboxylic acids is 3. The van der Waals surface area contributed by atoms with E-state index in [0.717, 1.165) is 16.9 Å². The largest absolute Gasteiger partial charge is 0.465 e. The fraction of sp³-hybridized carbons (Fsp3) is 0.385. The number of rotatable bonds is 8. The molecule has 9 heteroatoms. The minimum atomic E-state index is -1.12. The van der Waals surface area contributed by atoms with Gasteiger partial charge in [-0.05, 0) is 44.9 Å². The summed E-state index contributed by atoms with van der Waals surface area (Å²) in [6.07, 6.45) is 2.12. The number of benzene rings is 1. The molecule has 1 aliphatic heterocycles. The fourth-order valence-electron chi connectivity index (χ4n) is 4.34. The van der Waals surface area contributed by atoms with E-state index in [0.29, 0.717) is 25.3 Å². The third-order valence-electron chi connectivity index (χ3n) is 6.30. The molecule has 3 heterocycles. The van der Waals surface area contributed by atoms with E-state index in [9.17, 15) is 14.4 Å². The minimum Gasteiger partial charge on any atom is -0.465 e. The van der Waals surface area contributed by atoms with Crippen LogP contribution in [0.25, 0.3) is 0 Å². The molecule has 0 spiro atoms. The van der Waals surface area contributed by atoms with Crippen LogP contribution in [0.5, 0.6) is 0 Å². The maximum atomic E-state index is 13.6. The van der Waals surface area contributed by atoms with Crippen LogP contribution in [0.4, 0.5) is 0 Å². The number of amides is 3. The highest BCUT2D eigenvalue weighted by Gasteiger charge is 2.48. The molecule has 3 amide bonds. The average molecular weight is 478 g/mol. The lowest BCUT2D eigenvalue weighted by molar-refractivity contribution is -0.133. The summed E-state index contributed by atoms with van der Waals surface area (Å²) in [6.45, 7) is 8.66. The van der Waals surface area contributed by atoms with Gasteiger partial charge in [-0.15, -0.1) is 0 Å². The Kier molecular flexibility index (Phi) is 6.77. The molecule has 2 N–H and O–H groups in total. The SMILES string of the molecule is CCCN1C(=O)c2c(C(=O)NCc3ccc(C)o3)ncn2CC1(C)C(=O)NCc1ccc(C)cc1. The van der Waals surface area contributed by atoms with Crippen LogP contribution < -0.4 is 10.6 Å². The molecule has 0 saturated carbocycles. The molecule has 0 bridgehead atoms. The molecular formula is C26H31N5O4. The standard InChI is InChI=1S/C26H31N5O4/c1-5-12-31-24(33)22-21(23(32)27-14-20-11-8-18(3)35-20)29-16-30(22)15-26(31,4)25(34)28-13-19-9-6-17(2)7-10-19/h6-11,16H,5,12-15H2,1-4H3,(H,27,32)(H,28,34). The average Bonchev–Trinajstić information content (AvgIpc) is 3.45. The number of carbonyl (C=O) groups is 3. The number of nitrogens with one attached hydrogen (secondary N) is 2. The topological polar surface area (TPSA) is 109 Å². The van der Waals surface area contributed by atoms with Crippen molar-refractivity contribution in [1.29, 1.82) is 0 Å². The van der Waals surface area contributed by atoms with Gasteiger partial charge < -0.3 is 24.5 Å². The van der Waals surface area contributed by atoms with E-state index < -0.39 is 11.4 Å². The van der Waals surface area contributed by atoms with Gasteiger partial charge in [-0.1, -0.05) is 36.8 Å². The van der Waals surface area contributed by atoms with Crippen LogP contribution in [-0.2, 0) is 24.4 Å². The number of hydrogen-bond donors (Lipinski definition) is 2. The Bertz CT molecular complexity index is 1240. The molecule has 184 valence electrons. The Hall–Kier alpha value is -3.88. The number of furan rings is 1. The highest BCUT2D eigenvalue weighted by molar-refractivity contribution is 6.07. The van der Waals surface area contributed by atoms with Crippen LogP contribution in [0.1, 0.15) is 63.9 Å². The van der Waals surface area contributed by atoms with Crippen molar-refractivity contribution in [3.05, 3.63) is 76.8 Å². The predicted octanol–water partition coefficient (Wildman–Crippen LogP) is 2.96. The molecule has 1 atom stereocenters. The summed E-state index contributed by atoms with van der Waals surface area (Å²) in [5, 5.41) is 5.74. The molecular weight excluding hydrogens is 446 g/mol. The summed E-state index contributed by atoms with van der Waals surface area (Å²) in [6, 6.07) is 11.5. The van der Waals surface area contributed by atoms with Crippen molar-refractivity contribution in [2.75, 3.05) is 6.54 Å². The van der Waals surface area contributed by atoms with E-state index in [2.05, 4.69) is 15.6 Å². The first kappa shape index (κ1) is 24.3. The number of aromatic nitrogens is 2. The predicted molar refractivity (Wildman–Crippen MR) is 130 cm³/mol. The summed E-state index contributed by atoms with van der Waals surface area (Å²) < 4.78 is 7.09. The Morgan fingerprint density at radius 2 is 1.83 bits per heavy atom. The zero-order chi connectivity index (χ0) is 25.2. The van der Waals surface area contributed by atoms with Crippen molar-refractivity contribution in [2.24, 2.45) is 0 Å². The molecule has 0 fully saturated rings. The van der Waals surface area contributed by atoms with Crippen LogP contribution in [0.3, 0.4) is 0 Å². The zero-order valence-electron chi connectivity index (χ0n) is 20.6. The van der Waals surface area contributed by atoms with E-state index in [-0.39, 0.29) is 36.3 Å². The molecule has 2 aromatic heterocycles. The van der Waals surface area contributed by atoms with E-state index in [1.54, 1.807) is 22.5 Å². The van der Waals surface area contributed by atoms with Crippen molar-refractivity contribution in [3.63, 3.8) is 0 Å². The number of imidazole rings is 1. The quantitative estimate of drug-likeness (QED) is 0.518. The summed E-state index contributed by atoms with van der Waals surface area (Å²) in [7, 11) is 0. The van der Waals surface area contributed by atoms with Crippen LogP contribution in [0.2, 0.25) is 0 Å². The first-order valence-electron chi connectivity index (χ1n) is 11.8. The molecule has 0 saturated heterocycles.